The minimum absolute atomic E-state index is 0.327. The lowest BCUT2D eigenvalue weighted by atomic mass is 9.98. The van der Waals surface area contributed by atoms with Crippen LogP contribution in [0.2, 0.25) is 0 Å². The predicted octanol–water partition coefficient (Wildman–Crippen LogP) is 4.02. The molecule has 0 saturated carbocycles. The normalized spacial score (nSPS) is 12.5. The van der Waals surface area contributed by atoms with Crippen LogP contribution in [0.15, 0.2) is 36.4 Å². The van der Waals surface area contributed by atoms with E-state index in [2.05, 4.69) is 5.32 Å². The lowest BCUT2D eigenvalue weighted by Gasteiger charge is -2.19. The van der Waals surface area contributed by atoms with Gasteiger partial charge in [0.1, 0.15) is 17.5 Å². The molecule has 0 amide bonds. The molecule has 0 fully saturated rings. The Bertz CT molecular complexity index is 550. The third kappa shape index (κ3) is 3.09. The van der Waals surface area contributed by atoms with Gasteiger partial charge in [-0.3, -0.25) is 0 Å². The fourth-order valence-corrected chi connectivity index (χ4v) is 2.74. The summed E-state index contributed by atoms with van der Waals surface area (Å²) in [7, 11) is 1.67. The first-order valence-electron chi connectivity index (χ1n) is 5.60. The van der Waals surface area contributed by atoms with Crippen molar-refractivity contribution in [1.82, 2.24) is 5.32 Å². The second kappa shape index (κ2) is 5.92. The van der Waals surface area contributed by atoms with Gasteiger partial charge >= 0.3 is 0 Å². The summed E-state index contributed by atoms with van der Waals surface area (Å²) in [5.74, 6) is -1.59. The Hall–Kier alpha value is -1.08. The molecule has 0 aliphatic carbocycles. The summed E-state index contributed by atoms with van der Waals surface area (Å²) in [6, 6.07) is 7.29. The Kier molecular flexibility index (Phi) is 4.46. The summed E-state index contributed by atoms with van der Waals surface area (Å²) in [5.41, 5.74) is 1.07. The summed E-state index contributed by atoms with van der Waals surface area (Å²) in [6.45, 7) is 0. The van der Waals surface area contributed by atoms with Crippen LogP contribution in [-0.2, 0) is 0 Å². The number of rotatable bonds is 3. The van der Waals surface area contributed by atoms with Gasteiger partial charge in [0.15, 0.2) is 0 Å². The summed E-state index contributed by atoms with van der Waals surface area (Å²) >= 11 is 1.99. The SMILES string of the molecule is CNC(c1ccc(F)cc1F)c1ccc(F)cc1I. The lowest BCUT2D eigenvalue weighted by molar-refractivity contribution is 0.550. The molecule has 0 radical (unpaired) electrons. The average Bonchev–Trinajstić information content (AvgIpc) is 2.34. The van der Waals surface area contributed by atoms with Crippen molar-refractivity contribution < 1.29 is 13.2 Å². The zero-order valence-electron chi connectivity index (χ0n) is 10.1. The van der Waals surface area contributed by atoms with Crippen molar-refractivity contribution in [3.63, 3.8) is 0 Å². The topological polar surface area (TPSA) is 12.0 Å². The average molecular weight is 377 g/mol. The molecule has 2 aromatic carbocycles. The van der Waals surface area contributed by atoms with Crippen LogP contribution in [0.5, 0.6) is 0 Å². The van der Waals surface area contributed by atoms with Crippen molar-refractivity contribution in [2.45, 2.75) is 6.04 Å². The minimum atomic E-state index is -0.625. The molecule has 2 rings (SSSR count). The van der Waals surface area contributed by atoms with Gasteiger partial charge in [-0.15, -0.1) is 0 Å². The number of benzene rings is 2. The predicted molar refractivity (Wildman–Crippen MR) is 76.4 cm³/mol. The van der Waals surface area contributed by atoms with E-state index >= 15 is 0 Å². The Balaban J connectivity index is 2.50. The Morgan fingerprint density at radius 3 is 2.05 bits per heavy atom. The molecule has 0 aliphatic rings. The van der Waals surface area contributed by atoms with Gasteiger partial charge in [-0.25, -0.2) is 13.2 Å². The molecule has 0 aliphatic heterocycles. The van der Waals surface area contributed by atoms with Gasteiger partial charge < -0.3 is 5.32 Å². The largest absolute Gasteiger partial charge is 0.309 e. The smallest absolute Gasteiger partial charge is 0.131 e. The maximum Gasteiger partial charge on any atom is 0.131 e. The first kappa shape index (κ1) is 14.3. The van der Waals surface area contributed by atoms with Gasteiger partial charge in [-0.05, 0) is 53.4 Å². The van der Waals surface area contributed by atoms with Crippen LogP contribution in [-0.4, -0.2) is 7.05 Å². The van der Waals surface area contributed by atoms with E-state index in [-0.39, 0.29) is 5.82 Å². The molecule has 1 atom stereocenters. The summed E-state index contributed by atoms with van der Waals surface area (Å²) in [5, 5.41) is 2.97. The van der Waals surface area contributed by atoms with Gasteiger partial charge in [0.2, 0.25) is 0 Å². The van der Waals surface area contributed by atoms with Crippen LogP contribution < -0.4 is 5.32 Å². The Morgan fingerprint density at radius 2 is 1.53 bits per heavy atom. The maximum absolute atomic E-state index is 13.8. The second-order valence-corrected chi connectivity index (χ2v) is 5.22. The molecular formula is C14H11F3IN. The lowest BCUT2D eigenvalue weighted by Crippen LogP contribution is -2.20. The van der Waals surface area contributed by atoms with Crippen LogP contribution in [0.1, 0.15) is 17.2 Å². The molecule has 0 heterocycles. The van der Waals surface area contributed by atoms with E-state index in [1.54, 1.807) is 13.1 Å². The minimum Gasteiger partial charge on any atom is -0.309 e. The van der Waals surface area contributed by atoms with E-state index in [4.69, 9.17) is 0 Å². The van der Waals surface area contributed by atoms with Gasteiger partial charge in [-0.2, -0.15) is 0 Å². The molecule has 1 N–H and O–H groups in total. The van der Waals surface area contributed by atoms with E-state index < -0.39 is 17.7 Å². The Morgan fingerprint density at radius 1 is 0.947 bits per heavy atom. The summed E-state index contributed by atoms with van der Waals surface area (Å²) in [4.78, 5) is 0. The Labute approximate surface area is 123 Å². The van der Waals surface area contributed by atoms with Gasteiger partial charge in [-0.1, -0.05) is 12.1 Å². The molecule has 1 unspecified atom stereocenters. The molecule has 19 heavy (non-hydrogen) atoms. The zero-order valence-corrected chi connectivity index (χ0v) is 12.2. The molecule has 0 aromatic heterocycles. The maximum atomic E-state index is 13.8. The van der Waals surface area contributed by atoms with Crippen molar-refractivity contribution in [1.29, 1.82) is 0 Å². The molecule has 0 bridgehead atoms. The molecule has 2 aromatic rings. The number of hydrogen-bond donors (Lipinski definition) is 1. The fourth-order valence-electron chi connectivity index (χ4n) is 1.95. The van der Waals surface area contributed by atoms with Gasteiger partial charge in [0.05, 0.1) is 6.04 Å². The molecule has 1 nitrogen and oxygen atoms in total. The van der Waals surface area contributed by atoms with E-state index in [0.29, 0.717) is 9.13 Å². The van der Waals surface area contributed by atoms with Crippen LogP contribution in [0.4, 0.5) is 13.2 Å². The molecule has 100 valence electrons. The van der Waals surface area contributed by atoms with Crippen molar-refractivity contribution in [3.8, 4) is 0 Å². The number of hydrogen-bond acceptors (Lipinski definition) is 1. The van der Waals surface area contributed by atoms with Crippen LogP contribution >= 0.6 is 22.6 Å². The molecule has 0 saturated heterocycles. The summed E-state index contributed by atoms with van der Waals surface area (Å²) in [6.07, 6.45) is 0. The van der Waals surface area contributed by atoms with E-state index in [9.17, 15) is 13.2 Å². The molecular weight excluding hydrogens is 366 g/mol. The van der Waals surface area contributed by atoms with Crippen molar-refractivity contribution in [2.75, 3.05) is 7.05 Å². The highest BCUT2D eigenvalue weighted by molar-refractivity contribution is 14.1. The molecule has 0 spiro atoms. The van der Waals surface area contributed by atoms with Crippen LogP contribution in [0.3, 0.4) is 0 Å². The van der Waals surface area contributed by atoms with E-state index in [0.717, 1.165) is 11.6 Å². The highest BCUT2D eigenvalue weighted by Crippen LogP contribution is 2.28. The van der Waals surface area contributed by atoms with Crippen molar-refractivity contribution >= 4 is 22.6 Å². The highest BCUT2D eigenvalue weighted by Gasteiger charge is 2.19. The van der Waals surface area contributed by atoms with Crippen molar-refractivity contribution in [2.24, 2.45) is 0 Å². The fraction of sp³-hybridized carbons (Fsp3) is 0.143. The van der Waals surface area contributed by atoms with E-state index in [1.165, 1.54) is 24.3 Å². The van der Waals surface area contributed by atoms with Crippen molar-refractivity contribution in [3.05, 3.63) is 68.5 Å². The highest BCUT2D eigenvalue weighted by atomic mass is 127. The quantitative estimate of drug-likeness (QED) is 0.797. The third-order valence-corrected chi connectivity index (χ3v) is 3.77. The van der Waals surface area contributed by atoms with E-state index in [1.807, 2.05) is 22.6 Å². The number of halogens is 4. The molecule has 5 heteroatoms. The van der Waals surface area contributed by atoms with Gasteiger partial charge in [0, 0.05) is 15.2 Å². The first-order valence-corrected chi connectivity index (χ1v) is 6.68. The first-order chi connectivity index (χ1) is 9.02. The standard InChI is InChI=1S/C14H11F3IN/c1-19-14(10-4-2-8(15)6-12(10)17)11-5-3-9(16)7-13(11)18/h2-7,14,19H,1H3. The van der Waals surface area contributed by atoms with Crippen LogP contribution in [0, 0.1) is 21.0 Å². The second-order valence-electron chi connectivity index (χ2n) is 4.05. The third-order valence-electron chi connectivity index (χ3n) is 2.84. The summed E-state index contributed by atoms with van der Waals surface area (Å²) < 4.78 is 40.5. The zero-order chi connectivity index (χ0) is 14.0. The van der Waals surface area contributed by atoms with Gasteiger partial charge in [0.25, 0.3) is 0 Å². The number of nitrogens with one attached hydrogen (secondary N) is 1. The monoisotopic (exact) mass is 377 g/mol. The van der Waals surface area contributed by atoms with Crippen LogP contribution in [0.25, 0.3) is 0 Å².